The van der Waals surface area contributed by atoms with Gasteiger partial charge in [-0.1, -0.05) is 30.3 Å². The van der Waals surface area contributed by atoms with Crippen LogP contribution in [0.1, 0.15) is 21.5 Å². The topological polar surface area (TPSA) is 166 Å². The van der Waals surface area contributed by atoms with E-state index in [0.29, 0.717) is 11.1 Å². The van der Waals surface area contributed by atoms with Gasteiger partial charge in [0.25, 0.3) is 5.56 Å². The summed E-state index contributed by atoms with van der Waals surface area (Å²) in [6.07, 6.45) is 0. The van der Waals surface area contributed by atoms with Crippen molar-refractivity contribution in [2.45, 2.75) is 16.7 Å². The molecule has 0 aliphatic heterocycles. The number of aromatic nitrogens is 1. The molecule has 0 saturated heterocycles. The van der Waals surface area contributed by atoms with E-state index in [1.165, 1.54) is 31.3 Å². The Balaban J connectivity index is 0.00000200. The van der Waals surface area contributed by atoms with Crippen molar-refractivity contribution in [2.24, 2.45) is 7.05 Å². The molecule has 3 aromatic carbocycles. The summed E-state index contributed by atoms with van der Waals surface area (Å²) in [6.45, 7) is 1.58. The van der Waals surface area contributed by atoms with Gasteiger partial charge >= 0.3 is 59.1 Å². The van der Waals surface area contributed by atoms with Crippen LogP contribution in [0.2, 0.25) is 0 Å². The normalized spacial score (nSPS) is 12.4. The van der Waals surface area contributed by atoms with Crippen molar-refractivity contribution in [2.75, 3.05) is 5.32 Å². The van der Waals surface area contributed by atoms with Crippen LogP contribution in [0, 0.1) is 6.92 Å². The Morgan fingerprint density at radius 3 is 1.97 bits per heavy atom. The second-order valence-corrected chi connectivity index (χ2v) is 11.1. The molecular weight excluding hydrogens is 554 g/mol. The number of ketones is 1. The number of nitrogens with zero attached hydrogens (tertiary/aromatic N) is 1. The minimum Gasteiger partial charge on any atom is -0.744 e. The number of nitrogens with one attached hydrogen (secondary N) is 1. The molecule has 10 nitrogen and oxygen atoms in total. The summed E-state index contributed by atoms with van der Waals surface area (Å²) >= 11 is 0. The summed E-state index contributed by atoms with van der Waals surface area (Å²) < 4.78 is 73.7. The van der Waals surface area contributed by atoms with E-state index in [0.717, 1.165) is 16.7 Å². The molecule has 184 valence electrons. The second kappa shape index (κ2) is 10.6. The van der Waals surface area contributed by atoms with Crippen LogP contribution in [0.4, 0.5) is 11.4 Å². The van der Waals surface area contributed by atoms with Gasteiger partial charge in [-0.2, -0.15) is 0 Å². The van der Waals surface area contributed by atoms with Gasteiger partial charge < -0.3 is 19.0 Å². The van der Waals surface area contributed by atoms with Gasteiger partial charge in [-0.15, -0.1) is 0 Å². The maximum absolute atomic E-state index is 13.7. The molecule has 0 atom stereocenters. The fourth-order valence-electron chi connectivity index (χ4n) is 4.52. The van der Waals surface area contributed by atoms with E-state index in [4.69, 9.17) is 0 Å². The molecule has 4 aromatic rings. The maximum Gasteiger partial charge on any atom is 1.00 e. The van der Waals surface area contributed by atoms with Crippen LogP contribution < -0.4 is 70.0 Å². The third-order valence-corrected chi connectivity index (χ3v) is 7.83. The van der Waals surface area contributed by atoms with Crippen LogP contribution in [-0.2, 0) is 27.3 Å². The van der Waals surface area contributed by atoms with Crippen molar-refractivity contribution < 1.29 is 89.9 Å². The van der Waals surface area contributed by atoms with Crippen molar-refractivity contribution in [3.05, 3.63) is 81.6 Å². The predicted molar refractivity (Wildman–Crippen MR) is 128 cm³/mol. The van der Waals surface area contributed by atoms with Crippen LogP contribution in [-0.4, -0.2) is 36.3 Å². The molecule has 0 bridgehead atoms. The molecule has 0 spiro atoms. The fraction of sp³-hybridized carbons (Fsp3) is 0.0833. The Kier molecular flexibility index (Phi) is 8.58. The van der Waals surface area contributed by atoms with Gasteiger partial charge in [0.05, 0.1) is 32.2 Å². The number of carbonyl (C=O) groups is 1. The van der Waals surface area contributed by atoms with Crippen LogP contribution in [0.3, 0.4) is 0 Å². The van der Waals surface area contributed by atoms with Crippen molar-refractivity contribution in [1.82, 2.24) is 4.57 Å². The summed E-state index contributed by atoms with van der Waals surface area (Å²) in [4.78, 5) is 25.0. The van der Waals surface area contributed by atoms with Crippen molar-refractivity contribution in [3.63, 3.8) is 0 Å². The number of anilines is 2. The molecule has 1 aliphatic rings. The molecule has 38 heavy (non-hydrogen) atoms. The molecule has 1 aromatic heterocycles. The number of aryl methyl sites for hydroxylation is 2. The average Bonchev–Trinajstić information content (AvgIpc) is 2.79. The zero-order valence-electron chi connectivity index (χ0n) is 20.7. The van der Waals surface area contributed by atoms with Gasteiger partial charge in [0.1, 0.15) is 20.2 Å². The molecule has 0 fully saturated rings. The summed E-state index contributed by atoms with van der Waals surface area (Å²) in [5, 5.41) is 2.74. The second-order valence-electron chi connectivity index (χ2n) is 8.38. The zero-order chi connectivity index (χ0) is 26.2. The van der Waals surface area contributed by atoms with Crippen molar-refractivity contribution in [3.8, 4) is 11.1 Å². The van der Waals surface area contributed by atoms with Crippen molar-refractivity contribution in [1.29, 1.82) is 0 Å². The van der Waals surface area contributed by atoms with E-state index in [2.05, 4.69) is 5.32 Å². The number of carbonyl (C=O) groups excluding carboxylic acids is 1. The Morgan fingerprint density at radius 1 is 0.763 bits per heavy atom. The third kappa shape index (κ3) is 5.06. The Bertz CT molecular complexity index is 1940. The van der Waals surface area contributed by atoms with E-state index >= 15 is 0 Å². The minimum absolute atomic E-state index is 0. The molecule has 0 amide bonds. The number of rotatable bonds is 4. The van der Waals surface area contributed by atoms with Gasteiger partial charge in [-0.25, -0.2) is 16.8 Å². The predicted octanol–water partition coefficient (Wildman–Crippen LogP) is -3.38. The van der Waals surface area contributed by atoms with Crippen LogP contribution >= 0.6 is 0 Å². The Hall–Kier alpha value is -1.84. The fourth-order valence-corrected chi connectivity index (χ4v) is 5.98. The number of benzene rings is 3. The molecule has 0 unspecified atom stereocenters. The first kappa shape index (κ1) is 30.7. The Labute approximate surface area is 262 Å². The quantitative estimate of drug-likeness (QED) is 0.171. The summed E-state index contributed by atoms with van der Waals surface area (Å²) in [7, 11) is -8.87. The molecule has 1 aliphatic carbocycles. The van der Waals surface area contributed by atoms with Gasteiger partial charge in [-0.3, -0.25) is 9.59 Å². The number of fused-ring (bicyclic) bond motifs is 2. The van der Waals surface area contributed by atoms with Gasteiger partial charge in [0, 0.05) is 24.1 Å². The first-order valence-corrected chi connectivity index (χ1v) is 13.2. The van der Waals surface area contributed by atoms with E-state index in [1.54, 1.807) is 25.1 Å². The number of hydrogen-bond donors (Lipinski definition) is 1. The maximum atomic E-state index is 13.7. The van der Waals surface area contributed by atoms with Gasteiger partial charge in [0.2, 0.25) is 0 Å². The van der Waals surface area contributed by atoms with Crippen LogP contribution in [0.25, 0.3) is 22.0 Å². The van der Waals surface area contributed by atoms with Gasteiger partial charge in [-0.05, 0) is 41.8 Å². The van der Waals surface area contributed by atoms with Crippen molar-refractivity contribution >= 4 is 48.3 Å². The SMILES string of the molecule is Cc1ccc(Nc2cc(S(=O)(=O)[O-])c3c4c(cc(=O)n3C)-c3ccccc3C(=O)c24)c(S(=O)(=O)[O-])c1.[Na+].[Na+]. The zero-order valence-corrected chi connectivity index (χ0v) is 26.4. The van der Waals surface area contributed by atoms with Crippen LogP contribution in [0.15, 0.2) is 69.2 Å². The largest absolute Gasteiger partial charge is 1.00 e. The molecule has 5 rings (SSSR count). The monoisotopic (exact) mass is 570 g/mol. The molecule has 14 heteroatoms. The standard InChI is InChI=1S/C24H18N2O8S2.2Na/c1-12-7-8-16(18(9-12)35(29,30)31)25-17-11-19(36(32,33)34)23-21-15(10-20(27)26(23)2)13-5-3-4-6-14(13)24(28)22(17)21;;/h3-11,25H,1-2H3,(H,29,30,31)(H,32,33,34);;/q;2*+1/p-2. The molecule has 0 saturated carbocycles. The van der Waals surface area contributed by atoms with Gasteiger partial charge in [0.15, 0.2) is 5.78 Å². The van der Waals surface area contributed by atoms with E-state index in [-0.39, 0.29) is 98.1 Å². The first-order chi connectivity index (χ1) is 16.8. The minimum atomic E-state index is -5.18. The summed E-state index contributed by atoms with van der Waals surface area (Å²) in [5.74, 6) is -0.544. The smallest absolute Gasteiger partial charge is 0.744 e. The van der Waals surface area contributed by atoms with Crippen LogP contribution in [0.5, 0.6) is 0 Å². The van der Waals surface area contributed by atoms with E-state index < -0.39 is 41.4 Å². The third-order valence-electron chi connectivity index (χ3n) is 6.10. The summed E-state index contributed by atoms with van der Waals surface area (Å²) in [5.41, 5.74) is -0.0245. The average molecular weight is 571 g/mol. The first-order valence-electron chi connectivity index (χ1n) is 10.4. The molecule has 0 radical (unpaired) electrons. The number of hydrogen-bond acceptors (Lipinski definition) is 9. The molecular formula is C24H16N2Na2O8S2. The number of pyridine rings is 1. The summed E-state index contributed by atoms with van der Waals surface area (Å²) in [6, 6.07) is 12.5. The molecule has 1 N–H and O–H groups in total. The van der Waals surface area contributed by atoms with E-state index in [1.807, 2.05) is 0 Å². The van der Waals surface area contributed by atoms with E-state index in [9.17, 15) is 35.5 Å². The molecule has 1 heterocycles. The Morgan fingerprint density at radius 2 is 1.37 bits per heavy atom.